The van der Waals surface area contributed by atoms with Gasteiger partial charge in [0.15, 0.2) is 6.29 Å². The van der Waals surface area contributed by atoms with Gasteiger partial charge in [-0.2, -0.15) is 0 Å². The molecule has 0 aliphatic heterocycles. The van der Waals surface area contributed by atoms with E-state index in [9.17, 15) is 4.79 Å². The molecule has 1 heterocycles. The number of thiophene rings is 1. The van der Waals surface area contributed by atoms with Crippen molar-refractivity contribution >= 4 is 23.3 Å². The topological polar surface area (TPSA) is 20.3 Å². The van der Waals surface area contributed by atoms with Gasteiger partial charge in [0.25, 0.3) is 0 Å². The second-order valence-corrected chi connectivity index (χ2v) is 4.80. The van der Waals surface area contributed by atoms with Crippen molar-refractivity contribution < 1.29 is 4.79 Å². The van der Waals surface area contributed by atoms with E-state index in [-0.39, 0.29) is 0 Å². The van der Waals surface area contributed by atoms with E-state index in [0.717, 1.165) is 29.3 Å². The van der Waals surface area contributed by atoms with E-state index < -0.39 is 0 Å². The molecular formula is C12H13NOS. The van der Waals surface area contributed by atoms with Crippen LogP contribution in [0.2, 0.25) is 0 Å². The summed E-state index contributed by atoms with van der Waals surface area (Å²) in [7, 11) is 0. The molecule has 0 spiro atoms. The summed E-state index contributed by atoms with van der Waals surface area (Å²) in [6.45, 7) is 1.66. The van der Waals surface area contributed by atoms with Gasteiger partial charge in [-0.15, -0.1) is 17.8 Å². The Balaban J connectivity index is 2.08. The highest BCUT2D eigenvalue weighted by Crippen LogP contribution is 2.32. The van der Waals surface area contributed by atoms with Crippen LogP contribution in [0.1, 0.15) is 22.5 Å². The van der Waals surface area contributed by atoms with Crippen molar-refractivity contribution in [2.24, 2.45) is 5.92 Å². The first kappa shape index (κ1) is 10.3. The average molecular weight is 219 g/mol. The van der Waals surface area contributed by atoms with Gasteiger partial charge in [-0.25, -0.2) is 0 Å². The standard InChI is InChI=1S/C12H13NOS/c1-2-5-13(7-10-3-4-10)11-6-12(8-14)15-9-11/h1,6,8-10H,3-5,7H2. The summed E-state index contributed by atoms with van der Waals surface area (Å²) in [5.41, 5.74) is 1.09. The van der Waals surface area contributed by atoms with Crippen LogP contribution >= 0.6 is 11.3 Å². The molecule has 78 valence electrons. The van der Waals surface area contributed by atoms with E-state index >= 15 is 0 Å². The molecule has 1 saturated carbocycles. The summed E-state index contributed by atoms with van der Waals surface area (Å²) in [4.78, 5) is 13.5. The molecule has 0 saturated heterocycles. The highest BCUT2D eigenvalue weighted by atomic mass is 32.1. The van der Waals surface area contributed by atoms with E-state index in [2.05, 4.69) is 10.8 Å². The summed E-state index contributed by atoms with van der Waals surface area (Å²) in [6.07, 6.45) is 8.86. The van der Waals surface area contributed by atoms with Gasteiger partial charge in [-0.05, 0) is 24.8 Å². The van der Waals surface area contributed by atoms with Gasteiger partial charge in [0.1, 0.15) is 0 Å². The number of anilines is 1. The van der Waals surface area contributed by atoms with Crippen LogP contribution in [0.4, 0.5) is 5.69 Å². The van der Waals surface area contributed by atoms with Gasteiger partial charge >= 0.3 is 0 Å². The van der Waals surface area contributed by atoms with Crippen LogP contribution in [0.5, 0.6) is 0 Å². The highest BCUT2D eigenvalue weighted by Gasteiger charge is 2.24. The summed E-state index contributed by atoms with van der Waals surface area (Å²) >= 11 is 1.47. The first-order chi connectivity index (χ1) is 7.33. The number of hydrogen-bond acceptors (Lipinski definition) is 3. The van der Waals surface area contributed by atoms with Gasteiger partial charge in [0, 0.05) is 17.6 Å². The van der Waals surface area contributed by atoms with Crippen molar-refractivity contribution in [1.29, 1.82) is 0 Å². The summed E-state index contributed by atoms with van der Waals surface area (Å²) in [6, 6.07) is 1.91. The molecule has 0 atom stereocenters. The maximum Gasteiger partial charge on any atom is 0.160 e. The van der Waals surface area contributed by atoms with Crippen LogP contribution < -0.4 is 4.90 Å². The van der Waals surface area contributed by atoms with Crippen molar-refractivity contribution in [3.63, 3.8) is 0 Å². The van der Waals surface area contributed by atoms with Crippen molar-refractivity contribution in [1.82, 2.24) is 0 Å². The monoisotopic (exact) mass is 219 g/mol. The SMILES string of the molecule is C#CCN(CC1CC1)c1csc(C=O)c1. The van der Waals surface area contributed by atoms with Crippen LogP contribution in [-0.4, -0.2) is 19.4 Å². The van der Waals surface area contributed by atoms with Gasteiger partial charge in [-0.1, -0.05) is 5.92 Å². The highest BCUT2D eigenvalue weighted by molar-refractivity contribution is 7.12. The molecule has 1 fully saturated rings. The zero-order valence-corrected chi connectivity index (χ0v) is 9.30. The van der Waals surface area contributed by atoms with Crippen LogP contribution in [0.3, 0.4) is 0 Å². The lowest BCUT2D eigenvalue weighted by atomic mass is 10.3. The molecule has 2 rings (SSSR count). The normalized spacial score (nSPS) is 14.6. The largest absolute Gasteiger partial charge is 0.359 e. The Hall–Kier alpha value is -1.27. The molecule has 2 nitrogen and oxygen atoms in total. The van der Waals surface area contributed by atoms with Crippen molar-refractivity contribution in [2.75, 3.05) is 18.0 Å². The second-order valence-electron chi connectivity index (χ2n) is 3.85. The average Bonchev–Trinajstić information content (AvgIpc) is 2.94. The molecule has 1 aliphatic rings. The minimum absolute atomic E-state index is 0.630. The number of aldehydes is 1. The lowest BCUT2D eigenvalue weighted by Gasteiger charge is -2.20. The maximum atomic E-state index is 10.6. The summed E-state index contributed by atoms with van der Waals surface area (Å²) in [5.74, 6) is 3.47. The third-order valence-corrected chi connectivity index (χ3v) is 3.39. The second kappa shape index (κ2) is 4.50. The lowest BCUT2D eigenvalue weighted by Crippen LogP contribution is -2.25. The zero-order chi connectivity index (χ0) is 10.7. The smallest absolute Gasteiger partial charge is 0.160 e. The van der Waals surface area contributed by atoms with Crippen molar-refractivity contribution in [3.05, 3.63) is 16.3 Å². The maximum absolute atomic E-state index is 10.6. The number of hydrogen-bond donors (Lipinski definition) is 0. The predicted molar refractivity (Wildman–Crippen MR) is 63.5 cm³/mol. The molecular weight excluding hydrogens is 206 g/mol. The number of carbonyl (C=O) groups excluding carboxylic acids is 1. The first-order valence-electron chi connectivity index (χ1n) is 5.05. The lowest BCUT2D eigenvalue weighted by molar-refractivity contribution is 0.112. The molecule has 0 bridgehead atoms. The molecule has 0 aromatic carbocycles. The Morgan fingerprint density at radius 3 is 3.00 bits per heavy atom. The zero-order valence-electron chi connectivity index (χ0n) is 8.48. The fourth-order valence-corrected chi connectivity index (χ4v) is 2.27. The minimum Gasteiger partial charge on any atom is -0.359 e. The predicted octanol–water partition coefficient (Wildman–Crippen LogP) is 2.41. The molecule has 1 aliphatic carbocycles. The van der Waals surface area contributed by atoms with E-state index in [0.29, 0.717) is 6.54 Å². The summed E-state index contributed by atoms with van der Waals surface area (Å²) in [5, 5.41) is 2.00. The minimum atomic E-state index is 0.630. The third kappa shape index (κ3) is 2.60. The van der Waals surface area contributed by atoms with Crippen molar-refractivity contribution in [3.8, 4) is 12.3 Å². The molecule has 1 aromatic rings. The molecule has 0 N–H and O–H groups in total. The van der Waals surface area contributed by atoms with Crippen LogP contribution in [-0.2, 0) is 0 Å². The van der Waals surface area contributed by atoms with E-state index in [1.165, 1.54) is 24.2 Å². The molecule has 15 heavy (non-hydrogen) atoms. The van der Waals surface area contributed by atoms with E-state index in [4.69, 9.17) is 6.42 Å². The van der Waals surface area contributed by atoms with Gasteiger partial charge in [0.05, 0.1) is 11.4 Å². The molecule has 1 aromatic heterocycles. The molecule has 0 radical (unpaired) electrons. The van der Waals surface area contributed by atoms with E-state index in [1.807, 2.05) is 11.4 Å². The number of carbonyl (C=O) groups is 1. The van der Waals surface area contributed by atoms with Crippen LogP contribution in [0, 0.1) is 18.3 Å². The van der Waals surface area contributed by atoms with E-state index in [1.54, 1.807) is 0 Å². The number of rotatable bonds is 5. The van der Waals surface area contributed by atoms with Crippen molar-refractivity contribution in [2.45, 2.75) is 12.8 Å². The van der Waals surface area contributed by atoms with Gasteiger partial charge in [0.2, 0.25) is 0 Å². The fourth-order valence-electron chi connectivity index (χ4n) is 1.55. The molecule has 0 amide bonds. The van der Waals surface area contributed by atoms with Crippen LogP contribution in [0.15, 0.2) is 11.4 Å². The van der Waals surface area contributed by atoms with Gasteiger partial charge in [-0.3, -0.25) is 4.79 Å². The number of nitrogens with zero attached hydrogens (tertiary/aromatic N) is 1. The van der Waals surface area contributed by atoms with Gasteiger partial charge < -0.3 is 4.90 Å². The first-order valence-corrected chi connectivity index (χ1v) is 5.93. The Morgan fingerprint density at radius 2 is 2.47 bits per heavy atom. The molecule has 0 unspecified atom stereocenters. The quantitative estimate of drug-likeness (QED) is 0.560. The Kier molecular flexibility index (Phi) is 3.08. The number of terminal acetylenes is 1. The molecule has 3 heteroatoms. The van der Waals surface area contributed by atoms with Crippen LogP contribution in [0.25, 0.3) is 0 Å². The third-order valence-electron chi connectivity index (χ3n) is 2.54. The Morgan fingerprint density at radius 1 is 1.67 bits per heavy atom. The Bertz CT molecular complexity index is 387. The summed E-state index contributed by atoms with van der Waals surface area (Å²) < 4.78 is 0. The Labute approximate surface area is 93.9 Å². The fraction of sp³-hybridized carbons (Fsp3) is 0.417.